The van der Waals surface area contributed by atoms with Crippen LogP contribution in [-0.2, 0) is 26.2 Å². The number of sulfonamides is 1. The molecule has 1 saturated carbocycles. The van der Waals surface area contributed by atoms with Gasteiger partial charge in [0.2, 0.25) is 21.8 Å². The largest absolute Gasteiger partial charge is 0.352 e. The van der Waals surface area contributed by atoms with E-state index in [2.05, 4.69) is 5.32 Å². The molecule has 2 aromatic rings. The van der Waals surface area contributed by atoms with Gasteiger partial charge in [-0.1, -0.05) is 49.0 Å². The molecule has 1 fully saturated rings. The maximum Gasteiger partial charge on any atom is 0.244 e. The molecular weight excluding hydrogens is 547 g/mol. The van der Waals surface area contributed by atoms with Crippen molar-refractivity contribution >= 4 is 50.7 Å². The van der Waals surface area contributed by atoms with Gasteiger partial charge in [-0.05, 0) is 49.1 Å². The minimum atomic E-state index is -4.08. The molecule has 37 heavy (non-hydrogen) atoms. The number of hydrogen-bond acceptors (Lipinski definition) is 4. The van der Waals surface area contributed by atoms with Crippen LogP contribution < -0.4 is 9.62 Å². The fourth-order valence-electron chi connectivity index (χ4n) is 4.37. The lowest BCUT2D eigenvalue weighted by atomic mass is 10.1. The lowest BCUT2D eigenvalue weighted by Crippen LogP contribution is -2.53. The second-order valence-corrected chi connectivity index (χ2v) is 11.8. The number of halogens is 4. The molecule has 0 saturated heterocycles. The van der Waals surface area contributed by atoms with E-state index in [-0.39, 0.29) is 35.6 Å². The Bertz CT molecular complexity index is 1260. The summed E-state index contributed by atoms with van der Waals surface area (Å²) in [5.74, 6) is -3.48. The summed E-state index contributed by atoms with van der Waals surface area (Å²) >= 11 is 12.3. The second kappa shape index (κ2) is 12.4. The number of carbonyl (C=O) groups is 2. The van der Waals surface area contributed by atoms with Gasteiger partial charge in [-0.25, -0.2) is 17.2 Å². The number of nitrogens with one attached hydrogen (secondary N) is 1. The number of carbonyl (C=O) groups excluding carboxylic acids is 2. The lowest BCUT2D eigenvalue weighted by Gasteiger charge is -2.33. The molecule has 2 amide bonds. The van der Waals surface area contributed by atoms with E-state index < -0.39 is 40.2 Å². The van der Waals surface area contributed by atoms with Crippen molar-refractivity contribution in [1.82, 2.24) is 10.2 Å². The van der Waals surface area contributed by atoms with Crippen LogP contribution in [0.2, 0.25) is 10.0 Å². The summed E-state index contributed by atoms with van der Waals surface area (Å²) < 4.78 is 53.2. The number of nitrogens with zero attached hydrogens (tertiary/aromatic N) is 2. The highest BCUT2D eigenvalue weighted by atomic mass is 35.5. The van der Waals surface area contributed by atoms with E-state index in [1.807, 2.05) is 0 Å². The maximum atomic E-state index is 13.9. The predicted octanol–water partition coefficient (Wildman–Crippen LogP) is 4.90. The Labute approximate surface area is 225 Å². The third-order valence-corrected chi connectivity index (χ3v) is 8.04. The molecule has 0 unspecified atom stereocenters. The summed E-state index contributed by atoms with van der Waals surface area (Å²) in [4.78, 5) is 28.2. The maximum absolute atomic E-state index is 13.9. The van der Waals surface area contributed by atoms with Crippen LogP contribution >= 0.6 is 23.2 Å². The molecular formula is C25H29Cl2F2N3O4S. The quantitative estimate of drug-likeness (QED) is 0.436. The van der Waals surface area contributed by atoms with Crippen molar-refractivity contribution in [1.29, 1.82) is 0 Å². The fraction of sp³-hybridized carbons (Fsp3) is 0.440. The van der Waals surface area contributed by atoms with Gasteiger partial charge in [-0.2, -0.15) is 0 Å². The van der Waals surface area contributed by atoms with Crippen molar-refractivity contribution in [3.05, 3.63) is 63.6 Å². The monoisotopic (exact) mass is 575 g/mol. The zero-order valence-corrected chi connectivity index (χ0v) is 22.8. The molecule has 1 atom stereocenters. The third kappa shape index (κ3) is 7.55. The number of hydrogen-bond donors (Lipinski definition) is 1. The van der Waals surface area contributed by atoms with Crippen LogP contribution in [0, 0.1) is 11.6 Å². The molecule has 0 radical (unpaired) electrons. The number of benzene rings is 2. The van der Waals surface area contributed by atoms with Crippen molar-refractivity contribution in [3.63, 3.8) is 0 Å². The molecule has 1 aliphatic carbocycles. The zero-order chi connectivity index (χ0) is 27.3. The van der Waals surface area contributed by atoms with E-state index in [9.17, 15) is 26.8 Å². The van der Waals surface area contributed by atoms with Crippen LogP contribution in [0.25, 0.3) is 0 Å². The van der Waals surface area contributed by atoms with Crippen molar-refractivity contribution in [2.45, 2.75) is 57.7 Å². The molecule has 1 aliphatic rings. The van der Waals surface area contributed by atoms with E-state index in [1.54, 1.807) is 19.1 Å². The molecule has 0 bridgehead atoms. The van der Waals surface area contributed by atoms with Gasteiger partial charge in [-0.3, -0.25) is 13.9 Å². The molecule has 7 nitrogen and oxygen atoms in total. The van der Waals surface area contributed by atoms with Crippen molar-refractivity contribution < 1.29 is 26.8 Å². The minimum absolute atomic E-state index is 0.00679. The molecule has 0 aliphatic heterocycles. The number of rotatable bonds is 10. The SMILES string of the molecule is CC[C@H](C(=O)NC1CCCC1)N(Cc1ccc(Cl)cc1Cl)C(=O)CN(c1ccc(F)c(F)c1)S(C)(=O)=O. The summed E-state index contributed by atoms with van der Waals surface area (Å²) in [5.41, 5.74) is 0.285. The molecule has 12 heteroatoms. The van der Waals surface area contributed by atoms with Gasteiger partial charge in [0.1, 0.15) is 12.6 Å². The standard InChI is InChI=1S/C25H29Cl2F2N3O4S/c1-3-23(25(34)30-18-6-4-5-7-18)31(14-16-8-9-17(26)12-20(16)27)24(33)15-32(37(2,35)36)19-10-11-21(28)22(29)13-19/h8-13,18,23H,3-7,14-15H2,1-2H3,(H,30,34)/t23-/m1/s1. The van der Waals surface area contributed by atoms with Gasteiger partial charge in [-0.15, -0.1) is 0 Å². The van der Waals surface area contributed by atoms with E-state index in [0.717, 1.165) is 44.1 Å². The van der Waals surface area contributed by atoms with Crippen LogP contribution in [0.3, 0.4) is 0 Å². The van der Waals surface area contributed by atoms with Crippen LogP contribution in [0.1, 0.15) is 44.6 Å². The third-order valence-electron chi connectivity index (χ3n) is 6.31. The Morgan fingerprint density at radius 3 is 2.32 bits per heavy atom. The summed E-state index contributed by atoms with van der Waals surface area (Å²) in [6, 6.07) is 6.35. The summed E-state index contributed by atoms with van der Waals surface area (Å²) in [6.07, 6.45) is 4.80. The van der Waals surface area contributed by atoms with E-state index in [4.69, 9.17) is 23.2 Å². The molecule has 202 valence electrons. The topological polar surface area (TPSA) is 86.8 Å². The van der Waals surface area contributed by atoms with Gasteiger partial charge >= 0.3 is 0 Å². The average Bonchev–Trinajstić information content (AvgIpc) is 3.32. The van der Waals surface area contributed by atoms with Crippen molar-refractivity contribution in [2.24, 2.45) is 0 Å². The van der Waals surface area contributed by atoms with Crippen LogP contribution in [0.5, 0.6) is 0 Å². The van der Waals surface area contributed by atoms with Crippen molar-refractivity contribution in [2.75, 3.05) is 17.1 Å². The highest BCUT2D eigenvalue weighted by Crippen LogP contribution is 2.26. The van der Waals surface area contributed by atoms with Gasteiger partial charge in [0.05, 0.1) is 11.9 Å². The van der Waals surface area contributed by atoms with E-state index in [0.29, 0.717) is 21.0 Å². The number of amides is 2. The Morgan fingerprint density at radius 1 is 1.08 bits per heavy atom. The first-order chi connectivity index (χ1) is 17.4. The summed E-state index contributed by atoms with van der Waals surface area (Å²) in [7, 11) is -4.08. The van der Waals surface area contributed by atoms with Crippen LogP contribution in [0.15, 0.2) is 36.4 Å². The number of anilines is 1. The van der Waals surface area contributed by atoms with Gasteiger partial charge < -0.3 is 10.2 Å². The van der Waals surface area contributed by atoms with Crippen LogP contribution in [-0.4, -0.2) is 50.0 Å². The Morgan fingerprint density at radius 2 is 1.76 bits per heavy atom. The zero-order valence-electron chi connectivity index (χ0n) is 20.5. The Kier molecular flexibility index (Phi) is 9.77. The minimum Gasteiger partial charge on any atom is -0.352 e. The molecule has 3 rings (SSSR count). The normalized spacial score (nSPS) is 14.9. The lowest BCUT2D eigenvalue weighted by molar-refractivity contribution is -0.140. The first-order valence-electron chi connectivity index (χ1n) is 11.9. The predicted molar refractivity (Wildman–Crippen MR) is 140 cm³/mol. The van der Waals surface area contributed by atoms with Gasteiger partial charge in [0.25, 0.3) is 0 Å². The van der Waals surface area contributed by atoms with Crippen LogP contribution in [0.4, 0.5) is 14.5 Å². The van der Waals surface area contributed by atoms with E-state index in [1.165, 1.54) is 11.0 Å². The smallest absolute Gasteiger partial charge is 0.244 e. The molecule has 0 spiro atoms. The Hall–Kier alpha value is -2.43. The van der Waals surface area contributed by atoms with Crippen molar-refractivity contribution in [3.8, 4) is 0 Å². The molecule has 0 aromatic heterocycles. The first kappa shape index (κ1) is 29.1. The Balaban J connectivity index is 1.96. The highest BCUT2D eigenvalue weighted by molar-refractivity contribution is 7.92. The second-order valence-electron chi connectivity index (χ2n) is 9.04. The first-order valence-corrected chi connectivity index (χ1v) is 14.5. The highest BCUT2D eigenvalue weighted by Gasteiger charge is 2.33. The fourth-order valence-corrected chi connectivity index (χ4v) is 5.68. The van der Waals surface area contributed by atoms with Gasteiger partial charge in [0, 0.05) is 28.7 Å². The molecule has 2 aromatic carbocycles. The van der Waals surface area contributed by atoms with E-state index >= 15 is 0 Å². The summed E-state index contributed by atoms with van der Waals surface area (Å²) in [5, 5.41) is 3.66. The van der Waals surface area contributed by atoms with Gasteiger partial charge in [0.15, 0.2) is 11.6 Å². The molecule has 1 N–H and O–H groups in total. The molecule has 0 heterocycles. The summed E-state index contributed by atoms with van der Waals surface area (Å²) in [6.45, 7) is 0.912. The average molecular weight is 576 g/mol.